The van der Waals surface area contributed by atoms with E-state index in [0.717, 1.165) is 5.56 Å². The zero-order valence-corrected chi connectivity index (χ0v) is 13.8. The van der Waals surface area contributed by atoms with Gasteiger partial charge in [0.05, 0.1) is 29.1 Å². The molecular formula is C17H14N4O2S. The lowest BCUT2D eigenvalue weighted by Gasteiger charge is -2.08. The molecule has 0 saturated heterocycles. The molecule has 0 radical (unpaired) electrons. The zero-order chi connectivity index (χ0) is 16.7. The Morgan fingerprint density at radius 1 is 0.958 bits per heavy atom. The minimum atomic E-state index is -0.0955. The van der Waals surface area contributed by atoms with E-state index in [1.807, 2.05) is 36.6 Å². The summed E-state index contributed by atoms with van der Waals surface area (Å²) in [6.07, 6.45) is 3.06. The van der Waals surface area contributed by atoms with Crippen molar-refractivity contribution in [3.05, 3.63) is 68.6 Å². The molecule has 0 atom stereocenters. The van der Waals surface area contributed by atoms with Crippen LogP contribution in [-0.4, -0.2) is 19.1 Å². The van der Waals surface area contributed by atoms with E-state index in [9.17, 15) is 9.59 Å². The molecule has 3 heterocycles. The zero-order valence-electron chi connectivity index (χ0n) is 13.0. The molecule has 0 unspecified atom stereocenters. The summed E-state index contributed by atoms with van der Waals surface area (Å²) in [6.45, 7) is 2.68. The van der Waals surface area contributed by atoms with Crippen molar-refractivity contribution >= 4 is 32.5 Å². The van der Waals surface area contributed by atoms with E-state index < -0.39 is 0 Å². The molecule has 0 spiro atoms. The normalized spacial score (nSPS) is 11.4. The highest BCUT2D eigenvalue weighted by Gasteiger charge is 2.07. The van der Waals surface area contributed by atoms with Gasteiger partial charge >= 0.3 is 0 Å². The molecule has 24 heavy (non-hydrogen) atoms. The van der Waals surface area contributed by atoms with Gasteiger partial charge in [0, 0.05) is 13.1 Å². The van der Waals surface area contributed by atoms with E-state index in [1.54, 1.807) is 0 Å². The minimum Gasteiger partial charge on any atom is -0.297 e. The third-order valence-corrected chi connectivity index (χ3v) is 4.89. The number of hydrogen-bond donors (Lipinski definition) is 0. The number of rotatable bonds is 3. The molecule has 0 N–H and O–H groups in total. The van der Waals surface area contributed by atoms with Crippen molar-refractivity contribution in [2.75, 3.05) is 0 Å². The van der Waals surface area contributed by atoms with Crippen molar-refractivity contribution in [2.24, 2.45) is 0 Å². The third kappa shape index (κ3) is 2.43. The first-order valence-corrected chi connectivity index (χ1v) is 8.40. The Bertz CT molecular complexity index is 1170. The Morgan fingerprint density at radius 2 is 1.67 bits per heavy atom. The fourth-order valence-electron chi connectivity index (χ4n) is 2.69. The van der Waals surface area contributed by atoms with E-state index >= 15 is 0 Å². The van der Waals surface area contributed by atoms with E-state index in [4.69, 9.17) is 0 Å². The second kappa shape index (κ2) is 5.68. The first-order chi connectivity index (χ1) is 11.6. The average Bonchev–Trinajstić information content (AvgIpc) is 3.06. The first-order valence-electron chi connectivity index (χ1n) is 7.52. The van der Waals surface area contributed by atoms with Gasteiger partial charge in [0.2, 0.25) is 0 Å². The van der Waals surface area contributed by atoms with Gasteiger partial charge in [-0.1, -0.05) is 11.6 Å². The van der Waals surface area contributed by atoms with E-state index in [0.29, 0.717) is 34.2 Å². The predicted molar refractivity (Wildman–Crippen MR) is 94.6 cm³/mol. The minimum absolute atomic E-state index is 0.0763. The van der Waals surface area contributed by atoms with Crippen LogP contribution in [0.25, 0.3) is 21.1 Å². The maximum absolute atomic E-state index is 12.6. The van der Waals surface area contributed by atoms with Crippen LogP contribution in [0.4, 0.5) is 0 Å². The molecule has 3 aromatic heterocycles. The van der Waals surface area contributed by atoms with Gasteiger partial charge in [-0.25, -0.2) is 9.97 Å². The molecule has 4 rings (SSSR count). The Morgan fingerprint density at radius 3 is 2.46 bits per heavy atom. The van der Waals surface area contributed by atoms with Crippen LogP contribution in [0.3, 0.4) is 0 Å². The maximum atomic E-state index is 12.6. The summed E-state index contributed by atoms with van der Waals surface area (Å²) in [5, 5.41) is 2.44. The van der Waals surface area contributed by atoms with E-state index in [-0.39, 0.29) is 11.1 Å². The number of aryl methyl sites for hydroxylation is 3. The fraction of sp³-hybridized carbons (Fsp3) is 0.176. The second-order valence-corrected chi connectivity index (χ2v) is 6.56. The van der Waals surface area contributed by atoms with E-state index in [2.05, 4.69) is 9.97 Å². The Labute approximate surface area is 140 Å². The van der Waals surface area contributed by atoms with Crippen LogP contribution in [0.15, 0.2) is 51.9 Å². The monoisotopic (exact) mass is 338 g/mol. The van der Waals surface area contributed by atoms with Crippen LogP contribution in [-0.2, 0) is 13.1 Å². The van der Waals surface area contributed by atoms with Gasteiger partial charge in [-0.3, -0.25) is 18.7 Å². The van der Waals surface area contributed by atoms with E-state index in [1.165, 1.54) is 33.1 Å². The van der Waals surface area contributed by atoms with Crippen LogP contribution in [0.5, 0.6) is 0 Å². The summed E-state index contributed by atoms with van der Waals surface area (Å²) < 4.78 is 3.70. The molecule has 7 heteroatoms. The molecule has 0 aliphatic carbocycles. The molecule has 0 fully saturated rings. The Hall–Kier alpha value is -2.80. The summed E-state index contributed by atoms with van der Waals surface area (Å²) >= 11 is 1.38. The molecule has 0 aliphatic heterocycles. The van der Waals surface area contributed by atoms with Crippen LogP contribution in [0.2, 0.25) is 0 Å². The summed E-state index contributed by atoms with van der Waals surface area (Å²) in [5.74, 6) is 0. The van der Waals surface area contributed by atoms with Gasteiger partial charge in [0.15, 0.2) is 0 Å². The van der Waals surface area contributed by atoms with Crippen LogP contribution < -0.4 is 11.1 Å². The van der Waals surface area contributed by atoms with Crippen molar-refractivity contribution in [1.29, 1.82) is 0 Å². The number of hydrogen-bond acceptors (Lipinski definition) is 5. The van der Waals surface area contributed by atoms with Crippen molar-refractivity contribution in [3.8, 4) is 0 Å². The Balaban J connectivity index is 1.69. The van der Waals surface area contributed by atoms with Crippen LogP contribution in [0.1, 0.15) is 5.56 Å². The van der Waals surface area contributed by atoms with Gasteiger partial charge in [0.25, 0.3) is 11.1 Å². The molecule has 0 amide bonds. The van der Waals surface area contributed by atoms with Crippen LogP contribution in [0, 0.1) is 6.92 Å². The molecule has 0 bridgehead atoms. The highest BCUT2D eigenvalue weighted by Crippen LogP contribution is 2.13. The Kier molecular flexibility index (Phi) is 3.50. The highest BCUT2D eigenvalue weighted by atomic mass is 32.1. The first kappa shape index (κ1) is 14.8. The molecule has 4 aromatic rings. The maximum Gasteiger partial charge on any atom is 0.271 e. The fourth-order valence-corrected chi connectivity index (χ4v) is 3.48. The summed E-state index contributed by atoms with van der Waals surface area (Å²) in [6, 6.07) is 7.44. The largest absolute Gasteiger partial charge is 0.297 e. The van der Waals surface area contributed by atoms with Gasteiger partial charge in [0.1, 0.15) is 4.70 Å². The van der Waals surface area contributed by atoms with Gasteiger partial charge < -0.3 is 0 Å². The number of benzene rings is 1. The number of aromatic nitrogens is 4. The predicted octanol–water partition coefficient (Wildman–Crippen LogP) is 2.18. The lowest BCUT2D eigenvalue weighted by molar-refractivity contribution is 0.547. The summed E-state index contributed by atoms with van der Waals surface area (Å²) in [5.41, 5.74) is 2.24. The standard InChI is InChI=1S/C17H14N4O2S/c1-11-2-3-13-12(8-11)16(22)20(9-18-13)5-6-21-10-19-14-4-7-24-15(14)17(21)23/h2-4,7-10H,5-6H2,1H3. The smallest absolute Gasteiger partial charge is 0.271 e. The lowest BCUT2D eigenvalue weighted by atomic mass is 10.2. The number of fused-ring (bicyclic) bond motifs is 2. The third-order valence-electron chi connectivity index (χ3n) is 4.00. The number of thiophene rings is 1. The van der Waals surface area contributed by atoms with Gasteiger partial charge in [-0.15, -0.1) is 11.3 Å². The average molecular weight is 338 g/mol. The van der Waals surface area contributed by atoms with Crippen molar-refractivity contribution in [3.63, 3.8) is 0 Å². The van der Waals surface area contributed by atoms with Crippen LogP contribution >= 0.6 is 11.3 Å². The topological polar surface area (TPSA) is 69.8 Å². The van der Waals surface area contributed by atoms with Crippen molar-refractivity contribution in [1.82, 2.24) is 19.1 Å². The second-order valence-electron chi connectivity index (χ2n) is 5.64. The summed E-state index contributed by atoms with van der Waals surface area (Å²) in [7, 11) is 0. The highest BCUT2D eigenvalue weighted by molar-refractivity contribution is 7.17. The molecule has 6 nitrogen and oxygen atoms in total. The molecule has 1 aromatic carbocycles. The SMILES string of the molecule is Cc1ccc2ncn(CCn3cnc4ccsc4c3=O)c(=O)c2c1. The lowest BCUT2D eigenvalue weighted by Crippen LogP contribution is -2.27. The van der Waals surface area contributed by atoms with Crippen molar-refractivity contribution in [2.45, 2.75) is 20.0 Å². The van der Waals surface area contributed by atoms with Crippen molar-refractivity contribution < 1.29 is 0 Å². The molecular weight excluding hydrogens is 324 g/mol. The quantitative estimate of drug-likeness (QED) is 0.574. The van der Waals surface area contributed by atoms with Gasteiger partial charge in [-0.05, 0) is 30.5 Å². The molecule has 0 saturated carbocycles. The molecule has 0 aliphatic rings. The number of nitrogens with zero attached hydrogens (tertiary/aromatic N) is 4. The van der Waals surface area contributed by atoms with Gasteiger partial charge in [-0.2, -0.15) is 0 Å². The molecule has 120 valence electrons. The summed E-state index contributed by atoms with van der Waals surface area (Å²) in [4.78, 5) is 33.6.